The summed E-state index contributed by atoms with van der Waals surface area (Å²) < 4.78 is 0. The third kappa shape index (κ3) is 3.56. The van der Waals surface area contributed by atoms with Crippen LogP contribution in [0.15, 0.2) is 10.9 Å². The molecule has 2 heterocycles. The van der Waals surface area contributed by atoms with Crippen LogP contribution in [0, 0.1) is 0 Å². The Morgan fingerprint density at radius 2 is 2.00 bits per heavy atom. The normalized spacial score (nSPS) is 20.3. The van der Waals surface area contributed by atoms with E-state index in [0.29, 0.717) is 12.6 Å². The van der Waals surface area contributed by atoms with E-state index in [1.807, 2.05) is 0 Å². The first-order valence-corrected chi connectivity index (χ1v) is 7.40. The molecule has 19 heavy (non-hydrogen) atoms. The molecule has 104 valence electrons. The lowest BCUT2D eigenvalue weighted by Crippen LogP contribution is -2.29. The Labute approximate surface area is 113 Å². The lowest BCUT2D eigenvalue weighted by Gasteiger charge is -2.21. The summed E-state index contributed by atoms with van der Waals surface area (Å²) in [4.78, 5) is 21.5. The van der Waals surface area contributed by atoms with E-state index in [1.54, 1.807) is 6.07 Å². The van der Waals surface area contributed by atoms with Gasteiger partial charge in [-0.05, 0) is 25.7 Å². The van der Waals surface area contributed by atoms with Crippen molar-refractivity contribution in [2.45, 2.75) is 51.1 Å². The molecule has 0 unspecified atom stereocenters. The van der Waals surface area contributed by atoms with Crippen LogP contribution in [0.4, 0.5) is 5.95 Å². The minimum atomic E-state index is -0.0400. The fourth-order valence-corrected chi connectivity index (χ4v) is 2.55. The van der Waals surface area contributed by atoms with Crippen molar-refractivity contribution in [1.82, 2.24) is 15.3 Å². The van der Waals surface area contributed by atoms with E-state index in [2.05, 4.69) is 20.2 Å². The molecule has 5 nitrogen and oxygen atoms in total. The Morgan fingerprint density at radius 1 is 1.26 bits per heavy atom. The monoisotopic (exact) mass is 262 g/mol. The van der Waals surface area contributed by atoms with Crippen molar-refractivity contribution in [1.29, 1.82) is 0 Å². The minimum absolute atomic E-state index is 0.0400. The largest absolute Gasteiger partial charge is 0.342 e. The molecule has 1 saturated heterocycles. The average Bonchev–Trinajstić information content (AvgIpc) is 3.23. The highest BCUT2D eigenvalue weighted by molar-refractivity contribution is 5.30. The average molecular weight is 262 g/mol. The quantitative estimate of drug-likeness (QED) is 0.861. The van der Waals surface area contributed by atoms with Gasteiger partial charge in [0.25, 0.3) is 5.56 Å². The second kappa shape index (κ2) is 5.74. The van der Waals surface area contributed by atoms with Gasteiger partial charge in [-0.3, -0.25) is 9.78 Å². The van der Waals surface area contributed by atoms with Gasteiger partial charge in [-0.15, -0.1) is 0 Å². The topological polar surface area (TPSA) is 61.0 Å². The third-order valence-electron chi connectivity index (χ3n) is 3.84. The molecule has 0 atom stereocenters. The lowest BCUT2D eigenvalue weighted by molar-refractivity contribution is 0.666. The molecule has 0 aromatic carbocycles. The Hall–Kier alpha value is -1.36. The van der Waals surface area contributed by atoms with Gasteiger partial charge in [0.15, 0.2) is 0 Å². The maximum atomic E-state index is 11.7. The predicted molar refractivity (Wildman–Crippen MR) is 75.4 cm³/mol. The van der Waals surface area contributed by atoms with Crippen molar-refractivity contribution < 1.29 is 0 Å². The third-order valence-corrected chi connectivity index (χ3v) is 3.84. The number of anilines is 1. The van der Waals surface area contributed by atoms with E-state index in [9.17, 15) is 4.79 Å². The molecule has 0 amide bonds. The number of nitrogens with one attached hydrogen (secondary N) is 2. The summed E-state index contributed by atoms with van der Waals surface area (Å²) >= 11 is 0. The highest BCUT2D eigenvalue weighted by Crippen LogP contribution is 2.19. The van der Waals surface area contributed by atoms with Crippen LogP contribution in [-0.4, -0.2) is 29.1 Å². The second-order valence-electron chi connectivity index (χ2n) is 5.62. The van der Waals surface area contributed by atoms with E-state index >= 15 is 0 Å². The van der Waals surface area contributed by atoms with Crippen LogP contribution in [-0.2, 0) is 6.54 Å². The summed E-state index contributed by atoms with van der Waals surface area (Å²) in [5.74, 6) is 0.752. The van der Waals surface area contributed by atoms with Gasteiger partial charge in [0.2, 0.25) is 5.95 Å². The number of aromatic amines is 1. The Kier molecular flexibility index (Phi) is 3.82. The van der Waals surface area contributed by atoms with E-state index in [1.165, 1.54) is 38.5 Å². The van der Waals surface area contributed by atoms with Crippen molar-refractivity contribution in [3.8, 4) is 0 Å². The van der Waals surface area contributed by atoms with Crippen molar-refractivity contribution in [3.05, 3.63) is 22.1 Å². The predicted octanol–water partition coefficient (Wildman–Crippen LogP) is 1.40. The van der Waals surface area contributed by atoms with Gasteiger partial charge in [-0.2, -0.15) is 0 Å². The SMILES string of the molecule is O=c1cc(CNC2CC2)nc(N2CCCCCC2)[nH]1. The molecular formula is C14H22N4O. The second-order valence-corrected chi connectivity index (χ2v) is 5.62. The van der Waals surface area contributed by atoms with Gasteiger partial charge >= 0.3 is 0 Å². The van der Waals surface area contributed by atoms with Crippen molar-refractivity contribution in [2.24, 2.45) is 0 Å². The number of rotatable bonds is 4. The minimum Gasteiger partial charge on any atom is -0.342 e. The van der Waals surface area contributed by atoms with E-state index < -0.39 is 0 Å². The Bertz CT molecular complexity index is 473. The van der Waals surface area contributed by atoms with Crippen molar-refractivity contribution >= 4 is 5.95 Å². The van der Waals surface area contributed by atoms with Gasteiger partial charge in [-0.25, -0.2) is 4.98 Å². The van der Waals surface area contributed by atoms with Crippen LogP contribution in [0.3, 0.4) is 0 Å². The van der Waals surface area contributed by atoms with E-state index in [-0.39, 0.29) is 5.56 Å². The summed E-state index contributed by atoms with van der Waals surface area (Å²) in [5.41, 5.74) is 0.816. The van der Waals surface area contributed by atoms with Crippen LogP contribution in [0.5, 0.6) is 0 Å². The first kappa shape index (κ1) is 12.7. The summed E-state index contributed by atoms with van der Waals surface area (Å²) in [7, 11) is 0. The summed E-state index contributed by atoms with van der Waals surface area (Å²) in [6.07, 6.45) is 7.44. The van der Waals surface area contributed by atoms with Gasteiger partial charge in [-0.1, -0.05) is 12.8 Å². The molecule has 2 N–H and O–H groups in total. The molecule has 0 bridgehead atoms. The zero-order valence-corrected chi connectivity index (χ0v) is 11.3. The molecule has 2 aliphatic rings. The molecule has 1 aliphatic heterocycles. The zero-order chi connectivity index (χ0) is 13.1. The number of hydrogen-bond donors (Lipinski definition) is 2. The highest BCUT2D eigenvalue weighted by atomic mass is 16.1. The zero-order valence-electron chi connectivity index (χ0n) is 11.3. The molecule has 2 fully saturated rings. The first-order valence-electron chi connectivity index (χ1n) is 7.40. The van der Waals surface area contributed by atoms with Crippen molar-refractivity contribution in [2.75, 3.05) is 18.0 Å². The van der Waals surface area contributed by atoms with E-state index in [4.69, 9.17) is 0 Å². The lowest BCUT2D eigenvalue weighted by atomic mass is 10.2. The van der Waals surface area contributed by atoms with Crippen molar-refractivity contribution in [3.63, 3.8) is 0 Å². The summed E-state index contributed by atoms with van der Waals surface area (Å²) in [6, 6.07) is 2.25. The van der Waals surface area contributed by atoms with Gasteiger partial charge in [0.05, 0.1) is 5.69 Å². The molecule has 1 aromatic rings. The molecule has 0 spiro atoms. The maximum Gasteiger partial charge on any atom is 0.252 e. The number of aromatic nitrogens is 2. The number of nitrogens with zero attached hydrogens (tertiary/aromatic N) is 2. The first-order chi connectivity index (χ1) is 9.31. The van der Waals surface area contributed by atoms with Crippen LogP contribution >= 0.6 is 0 Å². The van der Waals surface area contributed by atoms with Crippen LogP contribution in [0.25, 0.3) is 0 Å². The molecule has 1 saturated carbocycles. The van der Waals surface area contributed by atoms with Gasteiger partial charge in [0.1, 0.15) is 0 Å². The molecule has 5 heteroatoms. The summed E-state index contributed by atoms with van der Waals surface area (Å²) in [5, 5.41) is 3.41. The van der Waals surface area contributed by atoms with Crippen LogP contribution < -0.4 is 15.8 Å². The van der Waals surface area contributed by atoms with Crippen LogP contribution in [0.1, 0.15) is 44.2 Å². The van der Waals surface area contributed by atoms with E-state index in [0.717, 1.165) is 24.7 Å². The van der Waals surface area contributed by atoms with Gasteiger partial charge in [0, 0.05) is 31.7 Å². The maximum absolute atomic E-state index is 11.7. The summed E-state index contributed by atoms with van der Waals surface area (Å²) in [6.45, 7) is 2.71. The standard InChI is InChI=1S/C14H22N4O/c19-13-9-12(10-15-11-5-6-11)16-14(17-13)18-7-3-1-2-4-8-18/h9,11,15H,1-8,10H2,(H,16,17,19). The van der Waals surface area contributed by atoms with Crippen LogP contribution in [0.2, 0.25) is 0 Å². The number of H-pyrrole nitrogens is 1. The fraction of sp³-hybridized carbons (Fsp3) is 0.714. The smallest absolute Gasteiger partial charge is 0.252 e. The molecular weight excluding hydrogens is 240 g/mol. The molecule has 1 aliphatic carbocycles. The molecule has 3 rings (SSSR count). The van der Waals surface area contributed by atoms with Gasteiger partial charge < -0.3 is 10.2 Å². The Morgan fingerprint density at radius 3 is 2.68 bits per heavy atom. The molecule has 0 radical (unpaired) electrons. The Balaban J connectivity index is 1.73. The number of hydrogen-bond acceptors (Lipinski definition) is 4. The highest BCUT2D eigenvalue weighted by Gasteiger charge is 2.20. The molecule has 1 aromatic heterocycles. The fourth-order valence-electron chi connectivity index (χ4n) is 2.55.